The lowest BCUT2D eigenvalue weighted by Gasteiger charge is -2.43. The van der Waals surface area contributed by atoms with Gasteiger partial charge >= 0.3 is 6.18 Å². The molecule has 0 aliphatic carbocycles. The SMILES string of the molecule is CC(C)(C)N1CCN(c2ccc(S(=O)(=O)[C@H]3CCN(c4cc(C(F)(F)F)nc(C#N)n4)C3)c(Cl)c2)CC1.O=CO. The largest absolute Gasteiger partial charge is 0.483 e. The number of benzene rings is 1. The summed E-state index contributed by atoms with van der Waals surface area (Å²) in [6, 6.07) is 7.18. The zero-order chi connectivity index (χ0) is 29.9. The van der Waals surface area contributed by atoms with Crippen molar-refractivity contribution in [3.05, 3.63) is 40.8 Å². The molecule has 2 fully saturated rings. The van der Waals surface area contributed by atoms with Gasteiger partial charge in [0, 0.05) is 56.6 Å². The Hall–Kier alpha value is -3.15. The van der Waals surface area contributed by atoms with E-state index in [2.05, 4.69) is 40.5 Å². The van der Waals surface area contributed by atoms with Gasteiger partial charge in [0.1, 0.15) is 11.9 Å². The van der Waals surface area contributed by atoms with Crippen molar-refractivity contribution in [2.45, 2.75) is 49.1 Å². The van der Waals surface area contributed by atoms with Crippen molar-refractivity contribution in [1.29, 1.82) is 5.26 Å². The van der Waals surface area contributed by atoms with Gasteiger partial charge < -0.3 is 14.9 Å². The fourth-order valence-corrected chi connectivity index (χ4v) is 6.95. The molecular formula is C25H30ClF3N6O4S. The van der Waals surface area contributed by atoms with Crippen molar-refractivity contribution < 1.29 is 31.5 Å². The standard InChI is InChI=1S/C24H28ClF3N6O2S.CH2O2/c1-23(2,3)34-10-8-32(9-11-34)16-4-5-19(18(25)12-16)37(35,36)17-6-7-33(15-17)22-13-20(24(26,27)28)30-21(14-29)31-22;2-1-3/h4-5,12-13,17H,6-11,15H2,1-3H3;1H,(H,2,3)/t17-;/m0./s1. The van der Waals surface area contributed by atoms with Crippen LogP contribution >= 0.6 is 11.6 Å². The molecule has 2 aromatic rings. The first-order valence-corrected chi connectivity index (χ1v) is 14.3. The van der Waals surface area contributed by atoms with Crippen molar-refractivity contribution >= 4 is 39.4 Å². The van der Waals surface area contributed by atoms with Crippen LogP contribution in [0, 0.1) is 11.3 Å². The van der Waals surface area contributed by atoms with Crippen LogP contribution in [0.5, 0.6) is 0 Å². The van der Waals surface area contributed by atoms with Gasteiger partial charge in [0.15, 0.2) is 15.5 Å². The monoisotopic (exact) mass is 602 g/mol. The maximum atomic E-state index is 13.4. The van der Waals surface area contributed by atoms with E-state index in [-0.39, 0.29) is 47.3 Å². The molecular weight excluding hydrogens is 573 g/mol. The number of carbonyl (C=O) groups is 1. The Morgan fingerprint density at radius 1 is 1.07 bits per heavy atom. The fourth-order valence-electron chi connectivity index (χ4n) is 4.71. The molecule has 40 heavy (non-hydrogen) atoms. The molecule has 2 aliphatic heterocycles. The molecule has 2 saturated heterocycles. The zero-order valence-electron chi connectivity index (χ0n) is 22.2. The predicted octanol–water partition coefficient (Wildman–Crippen LogP) is 3.69. The summed E-state index contributed by atoms with van der Waals surface area (Å²) >= 11 is 6.47. The molecule has 0 spiro atoms. The zero-order valence-corrected chi connectivity index (χ0v) is 23.8. The Balaban J connectivity index is 0.00000141. The Labute approximate surface area is 235 Å². The van der Waals surface area contributed by atoms with Gasteiger partial charge in [0.05, 0.1) is 15.2 Å². The number of sulfone groups is 1. The summed E-state index contributed by atoms with van der Waals surface area (Å²) in [5.41, 5.74) is -0.329. The van der Waals surface area contributed by atoms with E-state index in [4.69, 9.17) is 26.8 Å². The highest BCUT2D eigenvalue weighted by molar-refractivity contribution is 7.92. The molecule has 0 saturated carbocycles. The number of nitriles is 1. The third-order valence-electron chi connectivity index (χ3n) is 6.83. The number of nitrogens with zero attached hydrogens (tertiary/aromatic N) is 6. The first-order valence-electron chi connectivity index (χ1n) is 12.3. The summed E-state index contributed by atoms with van der Waals surface area (Å²) < 4.78 is 66.5. The summed E-state index contributed by atoms with van der Waals surface area (Å²) in [6.07, 6.45) is -4.58. The third-order valence-corrected chi connectivity index (χ3v) is 9.48. The lowest BCUT2D eigenvalue weighted by atomic mass is 10.0. The Bertz CT molecular complexity index is 1370. The number of aromatic nitrogens is 2. The summed E-state index contributed by atoms with van der Waals surface area (Å²) in [5, 5.41) is 15.2. The molecule has 218 valence electrons. The minimum Gasteiger partial charge on any atom is -0.483 e. The van der Waals surface area contributed by atoms with Crippen LogP contribution in [0.1, 0.15) is 38.7 Å². The highest BCUT2D eigenvalue weighted by Gasteiger charge is 2.38. The van der Waals surface area contributed by atoms with Crippen LogP contribution in [-0.4, -0.2) is 84.9 Å². The van der Waals surface area contributed by atoms with Crippen molar-refractivity contribution in [2.24, 2.45) is 0 Å². The maximum absolute atomic E-state index is 13.4. The molecule has 0 bridgehead atoms. The summed E-state index contributed by atoms with van der Waals surface area (Å²) in [7, 11) is -3.87. The summed E-state index contributed by atoms with van der Waals surface area (Å²) in [5.74, 6) is -0.759. The molecule has 4 rings (SSSR count). The summed E-state index contributed by atoms with van der Waals surface area (Å²) in [6.45, 7) is 9.70. The quantitative estimate of drug-likeness (QED) is 0.517. The highest BCUT2D eigenvalue weighted by atomic mass is 35.5. The molecule has 0 radical (unpaired) electrons. The van der Waals surface area contributed by atoms with Gasteiger partial charge in [-0.1, -0.05) is 11.6 Å². The van der Waals surface area contributed by atoms with Gasteiger partial charge in [-0.15, -0.1) is 0 Å². The molecule has 0 amide bonds. The van der Waals surface area contributed by atoms with E-state index in [9.17, 15) is 21.6 Å². The van der Waals surface area contributed by atoms with Crippen molar-refractivity contribution in [1.82, 2.24) is 14.9 Å². The first kappa shape index (κ1) is 31.4. The maximum Gasteiger partial charge on any atom is 0.433 e. The van der Waals surface area contributed by atoms with Crippen molar-refractivity contribution in [3.8, 4) is 6.07 Å². The van der Waals surface area contributed by atoms with E-state index in [1.165, 1.54) is 17.0 Å². The van der Waals surface area contributed by atoms with E-state index in [1.807, 2.05) is 0 Å². The van der Waals surface area contributed by atoms with E-state index in [0.717, 1.165) is 37.9 Å². The molecule has 1 N–H and O–H groups in total. The molecule has 2 aliphatic rings. The van der Waals surface area contributed by atoms with E-state index >= 15 is 0 Å². The first-order chi connectivity index (χ1) is 18.6. The number of halogens is 4. The number of hydrogen-bond acceptors (Lipinski definition) is 9. The number of rotatable bonds is 4. The Morgan fingerprint density at radius 2 is 1.70 bits per heavy atom. The predicted molar refractivity (Wildman–Crippen MR) is 143 cm³/mol. The van der Waals surface area contributed by atoms with E-state index in [0.29, 0.717) is 0 Å². The van der Waals surface area contributed by atoms with Gasteiger partial charge in [0.25, 0.3) is 6.47 Å². The van der Waals surface area contributed by atoms with Crippen LogP contribution in [0.3, 0.4) is 0 Å². The molecule has 15 heteroatoms. The van der Waals surface area contributed by atoms with Gasteiger partial charge in [-0.05, 0) is 45.4 Å². The van der Waals surface area contributed by atoms with Crippen LogP contribution < -0.4 is 9.80 Å². The van der Waals surface area contributed by atoms with Crippen LogP contribution in [0.2, 0.25) is 5.02 Å². The van der Waals surface area contributed by atoms with Crippen LogP contribution in [0.25, 0.3) is 0 Å². The van der Waals surface area contributed by atoms with Gasteiger partial charge in [-0.2, -0.15) is 18.4 Å². The second-order valence-electron chi connectivity index (χ2n) is 10.3. The topological polar surface area (TPSA) is 131 Å². The number of carboxylic acid groups (broad SMARTS) is 1. The van der Waals surface area contributed by atoms with Crippen LogP contribution in [0.15, 0.2) is 29.2 Å². The lowest BCUT2D eigenvalue weighted by Crippen LogP contribution is -2.53. The summed E-state index contributed by atoms with van der Waals surface area (Å²) in [4.78, 5) is 21.4. The van der Waals surface area contributed by atoms with E-state index < -0.39 is 32.8 Å². The second-order valence-corrected chi connectivity index (χ2v) is 12.9. The van der Waals surface area contributed by atoms with Gasteiger partial charge in [0.2, 0.25) is 5.82 Å². The molecule has 0 unspecified atom stereocenters. The average Bonchev–Trinajstić information content (AvgIpc) is 3.39. The van der Waals surface area contributed by atoms with Crippen molar-refractivity contribution in [2.75, 3.05) is 49.1 Å². The van der Waals surface area contributed by atoms with Gasteiger partial charge in [-0.25, -0.2) is 18.4 Å². The number of hydrogen-bond donors (Lipinski definition) is 1. The number of piperazine rings is 1. The third kappa shape index (κ3) is 7.13. The second kappa shape index (κ2) is 12.2. The van der Waals surface area contributed by atoms with Crippen LogP contribution in [0.4, 0.5) is 24.7 Å². The van der Waals surface area contributed by atoms with Gasteiger partial charge in [-0.3, -0.25) is 9.69 Å². The minimum atomic E-state index is -4.76. The Morgan fingerprint density at radius 3 is 2.23 bits per heavy atom. The Kier molecular flexibility index (Phi) is 9.54. The molecule has 1 aromatic carbocycles. The minimum absolute atomic E-state index is 0.00511. The lowest BCUT2D eigenvalue weighted by molar-refractivity contribution is -0.141. The fraction of sp³-hybridized carbons (Fsp3) is 0.520. The van der Waals surface area contributed by atoms with E-state index in [1.54, 1.807) is 12.1 Å². The smallest absolute Gasteiger partial charge is 0.433 e. The van der Waals surface area contributed by atoms with Crippen molar-refractivity contribution in [3.63, 3.8) is 0 Å². The number of anilines is 2. The number of alkyl halides is 3. The average molecular weight is 603 g/mol. The molecule has 3 heterocycles. The van der Waals surface area contributed by atoms with Crippen LogP contribution in [-0.2, 0) is 20.8 Å². The normalized spacial score (nSPS) is 18.6. The molecule has 1 aromatic heterocycles. The highest BCUT2D eigenvalue weighted by Crippen LogP contribution is 2.35. The molecule has 10 nitrogen and oxygen atoms in total. The molecule has 1 atom stereocenters.